The van der Waals surface area contributed by atoms with Gasteiger partial charge in [0.25, 0.3) is 0 Å². The number of likely N-dealkylation sites (tertiary alicyclic amines) is 1. The van der Waals surface area contributed by atoms with Gasteiger partial charge in [-0.1, -0.05) is 0 Å². The number of fused-ring (bicyclic) bond motifs is 1. The molecule has 0 N–H and O–H groups in total. The van der Waals surface area contributed by atoms with Crippen LogP contribution >= 0.6 is 0 Å². The summed E-state index contributed by atoms with van der Waals surface area (Å²) in [5.74, 6) is 1.52. The topological polar surface area (TPSA) is 77.5 Å². The van der Waals surface area contributed by atoms with Gasteiger partial charge in [0, 0.05) is 36.6 Å². The van der Waals surface area contributed by atoms with Gasteiger partial charge in [0.1, 0.15) is 23.0 Å². The van der Waals surface area contributed by atoms with Crippen LogP contribution in [0.15, 0.2) is 30.9 Å². The van der Waals surface area contributed by atoms with E-state index in [0.29, 0.717) is 35.2 Å². The standard InChI is InChI=1S/C23H27FN8/c1-15-21-23(28-16(2)27-15)32(22(29-21)19-7-20(24)10-25-9-19)14-18-8-26-31(13-18)12-17-5-4-6-30(3)11-17/h7-10,13,17H,4-6,11-12,14H2,1-3H3. The Kier molecular flexibility index (Phi) is 5.42. The predicted octanol–water partition coefficient (Wildman–Crippen LogP) is 3.23. The molecule has 5 heterocycles. The Morgan fingerprint density at radius 1 is 1.12 bits per heavy atom. The second-order valence-corrected chi connectivity index (χ2v) is 8.78. The van der Waals surface area contributed by atoms with Crippen LogP contribution in [-0.2, 0) is 13.1 Å². The van der Waals surface area contributed by atoms with Crippen molar-refractivity contribution in [2.45, 2.75) is 39.8 Å². The molecule has 1 unspecified atom stereocenters. The third kappa shape index (κ3) is 4.12. The number of halogens is 1. The maximum atomic E-state index is 13.9. The predicted molar refractivity (Wildman–Crippen MR) is 120 cm³/mol. The summed E-state index contributed by atoms with van der Waals surface area (Å²) in [6, 6.07) is 1.45. The molecule has 0 saturated carbocycles. The number of imidazole rings is 1. The van der Waals surface area contributed by atoms with Crippen molar-refractivity contribution < 1.29 is 4.39 Å². The number of hydrogen-bond donors (Lipinski definition) is 0. The van der Waals surface area contributed by atoms with Crippen molar-refractivity contribution in [2.75, 3.05) is 20.1 Å². The Morgan fingerprint density at radius 3 is 2.81 bits per heavy atom. The first-order valence-corrected chi connectivity index (χ1v) is 11.0. The zero-order valence-corrected chi connectivity index (χ0v) is 18.7. The van der Waals surface area contributed by atoms with Gasteiger partial charge >= 0.3 is 0 Å². The molecule has 1 aliphatic heterocycles. The van der Waals surface area contributed by atoms with Crippen molar-refractivity contribution in [3.8, 4) is 11.4 Å². The first-order chi connectivity index (χ1) is 15.5. The van der Waals surface area contributed by atoms with E-state index in [9.17, 15) is 4.39 Å². The van der Waals surface area contributed by atoms with E-state index < -0.39 is 5.82 Å². The minimum absolute atomic E-state index is 0.398. The SMILES string of the molecule is Cc1nc(C)c2nc(-c3cncc(F)c3)n(Cc3cnn(CC4CCCN(C)C4)c3)c2n1. The molecule has 8 nitrogen and oxygen atoms in total. The van der Waals surface area contributed by atoms with E-state index in [2.05, 4.69) is 38.2 Å². The summed E-state index contributed by atoms with van der Waals surface area (Å²) >= 11 is 0. The zero-order chi connectivity index (χ0) is 22.2. The molecule has 0 aromatic carbocycles. The lowest BCUT2D eigenvalue weighted by molar-refractivity contribution is 0.190. The Bertz CT molecular complexity index is 1260. The van der Waals surface area contributed by atoms with Gasteiger partial charge in [-0.3, -0.25) is 9.67 Å². The zero-order valence-electron chi connectivity index (χ0n) is 18.7. The van der Waals surface area contributed by atoms with E-state index in [1.807, 2.05) is 29.3 Å². The number of aryl methyl sites for hydroxylation is 2. The lowest BCUT2D eigenvalue weighted by atomic mass is 9.99. The number of aromatic nitrogens is 7. The van der Waals surface area contributed by atoms with Crippen LogP contribution in [-0.4, -0.2) is 59.3 Å². The Hall–Kier alpha value is -3.20. The fraction of sp³-hybridized carbons (Fsp3) is 0.435. The largest absolute Gasteiger partial charge is 0.306 e. The molecule has 1 atom stereocenters. The van der Waals surface area contributed by atoms with E-state index in [0.717, 1.165) is 30.0 Å². The Morgan fingerprint density at radius 2 is 2.00 bits per heavy atom. The summed E-state index contributed by atoms with van der Waals surface area (Å²) in [4.78, 5) is 20.3. The maximum Gasteiger partial charge on any atom is 0.164 e. The molecule has 4 aromatic rings. The molecular formula is C23H27FN8. The highest BCUT2D eigenvalue weighted by Gasteiger charge is 2.20. The molecule has 1 fully saturated rings. The third-order valence-corrected chi connectivity index (χ3v) is 6.04. The van der Waals surface area contributed by atoms with Crippen LogP contribution in [0.5, 0.6) is 0 Å². The minimum Gasteiger partial charge on any atom is -0.306 e. The van der Waals surface area contributed by atoms with Gasteiger partial charge in [0.2, 0.25) is 0 Å². The average Bonchev–Trinajstić information content (AvgIpc) is 3.33. The number of nitrogens with zero attached hydrogens (tertiary/aromatic N) is 8. The normalized spacial score (nSPS) is 17.3. The average molecular weight is 435 g/mol. The molecule has 166 valence electrons. The lowest BCUT2D eigenvalue weighted by Crippen LogP contribution is -2.34. The van der Waals surface area contributed by atoms with Gasteiger partial charge in [-0.15, -0.1) is 0 Å². The summed E-state index contributed by atoms with van der Waals surface area (Å²) in [5, 5.41) is 4.61. The van der Waals surface area contributed by atoms with Crippen LogP contribution in [0.1, 0.15) is 29.9 Å². The van der Waals surface area contributed by atoms with Gasteiger partial charge in [-0.05, 0) is 52.3 Å². The molecule has 9 heteroatoms. The van der Waals surface area contributed by atoms with Crippen LogP contribution in [0.4, 0.5) is 4.39 Å². The third-order valence-electron chi connectivity index (χ3n) is 6.04. The summed E-state index contributed by atoms with van der Waals surface area (Å²) in [5.41, 5.74) is 3.91. The van der Waals surface area contributed by atoms with Crippen LogP contribution in [0.3, 0.4) is 0 Å². The number of hydrogen-bond acceptors (Lipinski definition) is 6. The smallest absolute Gasteiger partial charge is 0.164 e. The minimum atomic E-state index is -0.398. The van der Waals surface area contributed by atoms with Crippen molar-refractivity contribution in [1.82, 2.24) is 39.2 Å². The van der Waals surface area contributed by atoms with Gasteiger partial charge in [0.05, 0.1) is 24.6 Å². The van der Waals surface area contributed by atoms with Crippen molar-refractivity contribution >= 4 is 11.2 Å². The number of pyridine rings is 1. The molecule has 1 saturated heterocycles. The highest BCUT2D eigenvalue weighted by molar-refractivity contribution is 5.79. The quantitative estimate of drug-likeness (QED) is 0.480. The van der Waals surface area contributed by atoms with Crippen molar-refractivity contribution in [3.05, 3.63) is 53.8 Å². The lowest BCUT2D eigenvalue weighted by Gasteiger charge is -2.29. The van der Waals surface area contributed by atoms with Gasteiger partial charge < -0.3 is 9.47 Å². The molecular weight excluding hydrogens is 407 g/mol. The van der Waals surface area contributed by atoms with E-state index in [4.69, 9.17) is 4.98 Å². The first kappa shape index (κ1) is 20.7. The van der Waals surface area contributed by atoms with Crippen molar-refractivity contribution in [2.24, 2.45) is 5.92 Å². The number of rotatable bonds is 5. The molecule has 0 spiro atoms. The van der Waals surface area contributed by atoms with Gasteiger partial charge in [0.15, 0.2) is 5.65 Å². The van der Waals surface area contributed by atoms with Crippen LogP contribution < -0.4 is 0 Å². The van der Waals surface area contributed by atoms with E-state index >= 15 is 0 Å². The highest BCUT2D eigenvalue weighted by atomic mass is 19.1. The van der Waals surface area contributed by atoms with Crippen LogP contribution in [0.25, 0.3) is 22.6 Å². The molecule has 1 aliphatic rings. The molecule has 0 radical (unpaired) electrons. The fourth-order valence-electron chi connectivity index (χ4n) is 4.64. The van der Waals surface area contributed by atoms with Gasteiger partial charge in [-0.25, -0.2) is 19.3 Å². The monoisotopic (exact) mass is 434 g/mol. The first-order valence-electron chi connectivity index (χ1n) is 11.0. The van der Waals surface area contributed by atoms with E-state index in [1.165, 1.54) is 31.6 Å². The van der Waals surface area contributed by atoms with Crippen molar-refractivity contribution in [1.29, 1.82) is 0 Å². The maximum absolute atomic E-state index is 13.9. The summed E-state index contributed by atoms with van der Waals surface area (Å²) in [6.45, 7) is 7.51. The summed E-state index contributed by atoms with van der Waals surface area (Å²) < 4.78 is 18.0. The summed E-state index contributed by atoms with van der Waals surface area (Å²) in [6.07, 6.45) is 9.28. The highest BCUT2D eigenvalue weighted by Crippen LogP contribution is 2.26. The molecule has 0 amide bonds. The number of piperidine rings is 1. The Balaban J connectivity index is 1.50. The van der Waals surface area contributed by atoms with E-state index in [-0.39, 0.29) is 0 Å². The molecule has 32 heavy (non-hydrogen) atoms. The summed E-state index contributed by atoms with van der Waals surface area (Å²) in [7, 11) is 2.18. The van der Waals surface area contributed by atoms with Gasteiger partial charge in [-0.2, -0.15) is 5.10 Å². The Labute approximate surface area is 186 Å². The molecule has 0 bridgehead atoms. The molecule has 4 aromatic heterocycles. The fourth-order valence-corrected chi connectivity index (χ4v) is 4.64. The molecule has 0 aliphatic carbocycles. The van der Waals surface area contributed by atoms with Crippen molar-refractivity contribution in [3.63, 3.8) is 0 Å². The second kappa shape index (κ2) is 8.38. The second-order valence-electron chi connectivity index (χ2n) is 8.78. The molecule has 5 rings (SSSR count). The van der Waals surface area contributed by atoms with Crippen LogP contribution in [0.2, 0.25) is 0 Å². The van der Waals surface area contributed by atoms with Crippen LogP contribution in [0, 0.1) is 25.6 Å². The van der Waals surface area contributed by atoms with E-state index in [1.54, 1.807) is 6.20 Å².